The molecule has 0 aliphatic heterocycles. The Bertz CT molecular complexity index is 544. The molecular formula is C14H14FNO3. The summed E-state index contributed by atoms with van der Waals surface area (Å²) in [5.41, 5.74) is -0.0111. The Morgan fingerprint density at radius 2 is 1.89 bits per heavy atom. The largest absolute Gasteiger partial charge is 0.480 e. The third kappa shape index (κ3) is 2.99. The summed E-state index contributed by atoms with van der Waals surface area (Å²) in [6, 6.07) is 5.71. The van der Waals surface area contributed by atoms with E-state index in [-0.39, 0.29) is 5.82 Å². The summed E-state index contributed by atoms with van der Waals surface area (Å²) >= 11 is 0. The van der Waals surface area contributed by atoms with Crippen LogP contribution in [0.5, 0.6) is 0 Å². The molecule has 1 saturated carbocycles. The fraction of sp³-hybridized carbons (Fsp3) is 0.286. The van der Waals surface area contributed by atoms with Gasteiger partial charge in [-0.1, -0.05) is 12.1 Å². The molecule has 4 nitrogen and oxygen atoms in total. The van der Waals surface area contributed by atoms with Crippen molar-refractivity contribution in [3.05, 3.63) is 41.2 Å². The highest BCUT2D eigenvalue weighted by Gasteiger charge is 2.51. The average Bonchev–Trinajstić information content (AvgIpc) is 3.13. The Morgan fingerprint density at radius 3 is 2.37 bits per heavy atom. The van der Waals surface area contributed by atoms with Crippen LogP contribution >= 0.6 is 0 Å². The Morgan fingerprint density at radius 1 is 1.32 bits per heavy atom. The van der Waals surface area contributed by atoms with Crippen LogP contribution in [-0.2, 0) is 9.59 Å². The van der Waals surface area contributed by atoms with Crippen molar-refractivity contribution in [2.45, 2.75) is 25.3 Å². The number of carboxylic acid groups (broad SMARTS) is 1. The predicted molar refractivity (Wildman–Crippen MR) is 67.8 cm³/mol. The zero-order valence-electron chi connectivity index (χ0n) is 10.4. The van der Waals surface area contributed by atoms with Crippen molar-refractivity contribution in [1.29, 1.82) is 0 Å². The van der Waals surface area contributed by atoms with E-state index < -0.39 is 17.4 Å². The number of hydrogen-bond donors (Lipinski definition) is 2. The first kappa shape index (κ1) is 13.3. The van der Waals surface area contributed by atoms with Gasteiger partial charge < -0.3 is 10.4 Å². The Kier molecular flexibility index (Phi) is 3.38. The molecule has 0 unspecified atom stereocenters. The van der Waals surface area contributed by atoms with Crippen molar-refractivity contribution < 1.29 is 19.1 Å². The van der Waals surface area contributed by atoms with Crippen molar-refractivity contribution in [2.75, 3.05) is 0 Å². The lowest BCUT2D eigenvalue weighted by molar-refractivity contribution is -0.142. The van der Waals surface area contributed by atoms with Crippen LogP contribution < -0.4 is 5.32 Å². The quantitative estimate of drug-likeness (QED) is 0.816. The van der Waals surface area contributed by atoms with E-state index in [1.807, 2.05) is 0 Å². The summed E-state index contributed by atoms with van der Waals surface area (Å²) in [5.74, 6) is -1.76. The topological polar surface area (TPSA) is 66.4 Å². The third-order valence-corrected chi connectivity index (χ3v) is 3.12. The van der Waals surface area contributed by atoms with Crippen molar-refractivity contribution in [3.8, 4) is 0 Å². The van der Waals surface area contributed by atoms with E-state index in [0.29, 0.717) is 24.0 Å². The molecule has 2 rings (SSSR count). The van der Waals surface area contributed by atoms with Crippen LogP contribution in [0.25, 0.3) is 6.08 Å². The van der Waals surface area contributed by atoms with Crippen molar-refractivity contribution in [1.82, 2.24) is 5.32 Å². The fourth-order valence-corrected chi connectivity index (χ4v) is 1.71. The molecule has 1 aliphatic rings. The second kappa shape index (κ2) is 4.84. The molecule has 5 heteroatoms. The van der Waals surface area contributed by atoms with Gasteiger partial charge in [0.25, 0.3) is 0 Å². The monoisotopic (exact) mass is 263 g/mol. The number of benzene rings is 1. The standard InChI is InChI=1S/C14H14FNO3/c1-9(8-10-2-4-11(15)5-3-10)12(17)16-14(6-7-14)13(18)19/h2-5,8H,6-7H2,1H3,(H,16,17)(H,18,19)/b9-8+. The highest BCUT2D eigenvalue weighted by atomic mass is 19.1. The third-order valence-electron chi connectivity index (χ3n) is 3.12. The van der Waals surface area contributed by atoms with Gasteiger partial charge in [-0.25, -0.2) is 9.18 Å². The van der Waals surface area contributed by atoms with Crippen molar-refractivity contribution >= 4 is 18.0 Å². The lowest BCUT2D eigenvalue weighted by atomic mass is 10.1. The van der Waals surface area contributed by atoms with Gasteiger partial charge in [-0.3, -0.25) is 4.79 Å². The van der Waals surface area contributed by atoms with Gasteiger partial charge >= 0.3 is 5.97 Å². The molecular weight excluding hydrogens is 249 g/mol. The molecule has 1 aromatic rings. The number of halogens is 1. The normalized spacial score (nSPS) is 16.8. The summed E-state index contributed by atoms with van der Waals surface area (Å²) < 4.78 is 12.7. The molecule has 1 fully saturated rings. The van der Waals surface area contributed by atoms with Crippen LogP contribution in [-0.4, -0.2) is 22.5 Å². The molecule has 0 bridgehead atoms. The number of aliphatic carboxylic acids is 1. The highest BCUT2D eigenvalue weighted by Crippen LogP contribution is 2.35. The lowest BCUT2D eigenvalue weighted by Crippen LogP contribution is -2.43. The van der Waals surface area contributed by atoms with Gasteiger partial charge in [-0.15, -0.1) is 0 Å². The van der Waals surface area contributed by atoms with E-state index in [1.54, 1.807) is 25.1 Å². The fourth-order valence-electron chi connectivity index (χ4n) is 1.71. The summed E-state index contributed by atoms with van der Waals surface area (Å²) in [6.45, 7) is 1.59. The number of carbonyl (C=O) groups is 2. The Balaban J connectivity index is 2.07. The second-order valence-electron chi connectivity index (χ2n) is 4.72. The second-order valence-corrected chi connectivity index (χ2v) is 4.72. The van der Waals surface area contributed by atoms with Gasteiger partial charge in [0, 0.05) is 5.57 Å². The maximum absolute atomic E-state index is 12.7. The number of rotatable bonds is 4. The Labute approximate surface area is 109 Å². The SMILES string of the molecule is C/C(=C\c1ccc(F)cc1)C(=O)NC1(C(=O)O)CC1. The molecule has 0 heterocycles. The minimum atomic E-state index is -1.09. The number of hydrogen-bond acceptors (Lipinski definition) is 2. The molecule has 100 valence electrons. The van der Waals surface area contributed by atoms with Gasteiger partial charge in [-0.05, 0) is 43.5 Å². The molecule has 1 amide bonds. The van der Waals surface area contributed by atoms with Gasteiger partial charge in [0.15, 0.2) is 0 Å². The summed E-state index contributed by atoms with van der Waals surface area (Å²) in [4.78, 5) is 22.8. The van der Waals surface area contributed by atoms with E-state index in [1.165, 1.54) is 12.1 Å². The summed E-state index contributed by atoms with van der Waals surface area (Å²) in [7, 11) is 0. The van der Waals surface area contributed by atoms with Crippen LogP contribution in [0.3, 0.4) is 0 Å². The summed E-state index contributed by atoms with van der Waals surface area (Å²) in [6.07, 6.45) is 2.50. The first-order valence-electron chi connectivity index (χ1n) is 5.93. The molecule has 0 aromatic heterocycles. The maximum atomic E-state index is 12.7. The first-order chi connectivity index (χ1) is 8.93. The summed E-state index contributed by atoms with van der Waals surface area (Å²) in [5, 5.41) is 11.5. The molecule has 19 heavy (non-hydrogen) atoms. The maximum Gasteiger partial charge on any atom is 0.329 e. The Hall–Kier alpha value is -2.17. The number of carboxylic acids is 1. The minimum Gasteiger partial charge on any atom is -0.480 e. The zero-order chi connectivity index (χ0) is 14.0. The van der Waals surface area contributed by atoms with Crippen LogP contribution in [0.15, 0.2) is 29.8 Å². The zero-order valence-corrected chi connectivity index (χ0v) is 10.4. The molecule has 0 saturated heterocycles. The number of amides is 1. The van der Waals surface area contributed by atoms with Crippen LogP contribution in [0, 0.1) is 5.82 Å². The molecule has 0 atom stereocenters. The number of carbonyl (C=O) groups excluding carboxylic acids is 1. The molecule has 1 aliphatic carbocycles. The number of nitrogens with one attached hydrogen (secondary N) is 1. The predicted octanol–water partition coefficient (Wildman–Crippen LogP) is 1.96. The average molecular weight is 263 g/mol. The minimum absolute atomic E-state index is 0.345. The van der Waals surface area contributed by atoms with Crippen LogP contribution in [0.4, 0.5) is 4.39 Å². The molecule has 1 aromatic carbocycles. The van der Waals surface area contributed by atoms with Crippen molar-refractivity contribution in [3.63, 3.8) is 0 Å². The molecule has 0 spiro atoms. The van der Waals surface area contributed by atoms with Gasteiger partial charge in [0.05, 0.1) is 0 Å². The van der Waals surface area contributed by atoms with Gasteiger partial charge in [-0.2, -0.15) is 0 Å². The van der Waals surface area contributed by atoms with E-state index in [0.717, 1.165) is 0 Å². The lowest BCUT2D eigenvalue weighted by Gasteiger charge is -2.12. The molecule has 2 N–H and O–H groups in total. The van der Waals surface area contributed by atoms with E-state index in [2.05, 4.69) is 5.32 Å². The van der Waals surface area contributed by atoms with Crippen LogP contribution in [0.1, 0.15) is 25.3 Å². The van der Waals surface area contributed by atoms with E-state index >= 15 is 0 Å². The smallest absolute Gasteiger partial charge is 0.329 e. The van der Waals surface area contributed by atoms with E-state index in [9.17, 15) is 14.0 Å². The van der Waals surface area contributed by atoms with Crippen LogP contribution in [0.2, 0.25) is 0 Å². The van der Waals surface area contributed by atoms with Gasteiger partial charge in [0.1, 0.15) is 11.4 Å². The van der Waals surface area contributed by atoms with Crippen molar-refractivity contribution in [2.24, 2.45) is 0 Å². The first-order valence-corrected chi connectivity index (χ1v) is 5.93. The molecule has 0 radical (unpaired) electrons. The van der Waals surface area contributed by atoms with E-state index in [4.69, 9.17) is 5.11 Å². The highest BCUT2D eigenvalue weighted by molar-refractivity contribution is 6.01. The van der Waals surface area contributed by atoms with Gasteiger partial charge in [0.2, 0.25) is 5.91 Å².